The van der Waals surface area contributed by atoms with Crippen LogP contribution in [0.1, 0.15) is 18.1 Å². The summed E-state index contributed by atoms with van der Waals surface area (Å²) in [6.07, 6.45) is 1.79. The average Bonchev–Trinajstić information content (AvgIpc) is 2.33. The molecule has 0 saturated carbocycles. The van der Waals surface area contributed by atoms with Crippen LogP contribution in [-0.4, -0.2) is 16.5 Å². The SMILES string of the molecule is CCNc1nccc(-c2cccc(C)c2C)n1. The first-order chi connectivity index (χ1) is 8.22. The van der Waals surface area contributed by atoms with Gasteiger partial charge in [-0.15, -0.1) is 0 Å². The van der Waals surface area contributed by atoms with E-state index in [1.54, 1.807) is 6.20 Å². The molecule has 17 heavy (non-hydrogen) atoms. The number of hydrogen-bond acceptors (Lipinski definition) is 3. The first kappa shape index (κ1) is 11.6. The zero-order valence-electron chi connectivity index (χ0n) is 10.5. The number of nitrogens with zero attached hydrogens (tertiary/aromatic N) is 2. The van der Waals surface area contributed by atoms with Gasteiger partial charge in [0.15, 0.2) is 0 Å². The van der Waals surface area contributed by atoms with Crippen molar-refractivity contribution in [3.63, 3.8) is 0 Å². The standard InChI is InChI=1S/C14H17N3/c1-4-15-14-16-9-8-13(17-14)12-7-5-6-10(2)11(12)3/h5-9H,4H2,1-3H3,(H,15,16,17). The van der Waals surface area contributed by atoms with E-state index in [2.05, 4.69) is 47.3 Å². The highest BCUT2D eigenvalue weighted by atomic mass is 15.1. The molecule has 2 aromatic rings. The minimum absolute atomic E-state index is 0.686. The van der Waals surface area contributed by atoms with E-state index in [1.165, 1.54) is 16.7 Å². The van der Waals surface area contributed by atoms with Crippen molar-refractivity contribution in [1.29, 1.82) is 0 Å². The van der Waals surface area contributed by atoms with E-state index in [9.17, 15) is 0 Å². The van der Waals surface area contributed by atoms with Crippen LogP contribution in [0.2, 0.25) is 0 Å². The number of nitrogens with one attached hydrogen (secondary N) is 1. The monoisotopic (exact) mass is 227 g/mol. The van der Waals surface area contributed by atoms with Gasteiger partial charge in [0, 0.05) is 18.3 Å². The second-order valence-corrected chi connectivity index (χ2v) is 4.04. The Morgan fingerprint density at radius 2 is 2.00 bits per heavy atom. The molecule has 1 N–H and O–H groups in total. The predicted octanol–water partition coefficient (Wildman–Crippen LogP) is 3.19. The van der Waals surface area contributed by atoms with E-state index in [-0.39, 0.29) is 0 Å². The molecule has 3 nitrogen and oxygen atoms in total. The molecule has 3 heteroatoms. The molecule has 0 aliphatic rings. The molecular formula is C14H17N3. The van der Waals surface area contributed by atoms with Crippen LogP contribution in [0.4, 0.5) is 5.95 Å². The topological polar surface area (TPSA) is 37.8 Å². The molecule has 2 rings (SSSR count). The second-order valence-electron chi connectivity index (χ2n) is 4.04. The first-order valence-electron chi connectivity index (χ1n) is 5.86. The summed E-state index contributed by atoms with van der Waals surface area (Å²) in [7, 11) is 0. The molecule has 0 amide bonds. The number of aryl methyl sites for hydroxylation is 1. The van der Waals surface area contributed by atoms with Gasteiger partial charge in [-0.25, -0.2) is 9.97 Å². The van der Waals surface area contributed by atoms with Crippen molar-refractivity contribution in [3.8, 4) is 11.3 Å². The van der Waals surface area contributed by atoms with Gasteiger partial charge in [0.1, 0.15) is 0 Å². The molecule has 0 aliphatic carbocycles. The van der Waals surface area contributed by atoms with Gasteiger partial charge in [-0.1, -0.05) is 18.2 Å². The lowest BCUT2D eigenvalue weighted by Crippen LogP contribution is -2.02. The van der Waals surface area contributed by atoms with E-state index >= 15 is 0 Å². The Kier molecular flexibility index (Phi) is 3.38. The molecule has 0 saturated heterocycles. The van der Waals surface area contributed by atoms with Gasteiger partial charge >= 0.3 is 0 Å². The quantitative estimate of drug-likeness (QED) is 0.875. The second kappa shape index (κ2) is 4.95. The lowest BCUT2D eigenvalue weighted by atomic mass is 10.0. The lowest BCUT2D eigenvalue weighted by Gasteiger charge is -2.09. The van der Waals surface area contributed by atoms with Gasteiger partial charge in [-0.05, 0) is 38.0 Å². The Bertz CT molecular complexity index is 521. The summed E-state index contributed by atoms with van der Waals surface area (Å²) >= 11 is 0. The molecule has 0 spiro atoms. The summed E-state index contributed by atoms with van der Waals surface area (Å²) < 4.78 is 0. The Morgan fingerprint density at radius 1 is 1.18 bits per heavy atom. The van der Waals surface area contributed by atoms with Gasteiger partial charge in [0.05, 0.1) is 5.69 Å². The van der Waals surface area contributed by atoms with Crippen molar-refractivity contribution in [2.45, 2.75) is 20.8 Å². The molecule has 0 radical (unpaired) electrons. The van der Waals surface area contributed by atoms with Crippen LogP contribution >= 0.6 is 0 Å². The number of aromatic nitrogens is 2. The van der Waals surface area contributed by atoms with Crippen molar-refractivity contribution in [1.82, 2.24) is 9.97 Å². The fourth-order valence-electron chi connectivity index (χ4n) is 1.78. The van der Waals surface area contributed by atoms with Crippen LogP contribution in [0.3, 0.4) is 0 Å². The van der Waals surface area contributed by atoms with Crippen molar-refractivity contribution in [3.05, 3.63) is 41.6 Å². The first-order valence-corrected chi connectivity index (χ1v) is 5.86. The van der Waals surface area contributed by atoms with Crippen molar-refractivity contribution in [2.75, 3.05) is 11.9 Å². The maximum absolute atomic E-state index is 4.51. The zero-order valence-corrected chi connectivity index (χ0v) is 10.5. The summed E-state index contributed by atoms with van der Waals surface area (Å²) in [5, 5.41) is 3.13. The summed E-state index contributed by atoms with van der Waals surface area (Å²) in [4.78, 5) is 8.70. The number of anilines is 1. The summed E-state index contributed by atoms with van der Waals surface area (Å²) in [5.74, 6) is 0.686. The van der Waals surface area contributed by atoms with Crippen LogP contribution in [0.15, 0.2) is 30.5 Å². The molecule has 0 atom stereocenters. The summed E-state index contributed by atoms with van der Waals surface area (Å²) in [5.41, 5.74) is 4.70. The van der Waals surface area contributed by atoms with E-state index in [4.69, 9.17) is 0 Å². The molecule has 0 bridgehead atoms. The van der Waals surface area contributed by atoms with Gasteiger partial charge in [0.2, 0.25) is 5.95 Å². The average molecular weight is 227 g/mol. The van der Waals surface area contributed by atoms with Gasteiger partial charge in [0.25, 0.3) is 0 Å². The smallest absolute Gasteiger partial charge is 0.223 e. The molecule has 0 aliphatic heterocycles. The van der Waals surface area contributed by atoms with Crippen LogP contribution in [0, 0.1) is 13.8 Å². The van der Waals surface area contributed by atoms with Crippen LogP contribution in [0.5, 0.6) is 0 Å². The minimum Gasteiger partial charge on any atom is -0.354 e. The largest absolute Gasteiger partial charge is 0.354 e. The van der Waals surface area contributed by atoms with Gasteiger partial charge in [-0.3, -0.25) is 0 Å². The molecule has 88 valence electrons. The van der Waals surface area contributed by atoms with E-state index in [1.807, 2.05) is 13.0 Å². The normalized spacial score (nSPS) is 10.3. The van der Waals surface area contributed by atoms with Crippen LogP contribution in [-0.2, 0) is 0 Å². The third kappa shape index (κ3) is 2.44. The Hall–Kier alpha value is -1.90. The van der Waals surface area contributed by atoms with Crippen LogP contribution in [0.25, 0.3) is 11.3 Å². The highest BCUT2D eigenvalue weighted by Crippen LogP contribution is 2.23. The fourth-order valence-corrected chi connectivity index (χ4v) is 1.78. The number of hydrogen-bond donors (Lipinski definition) is 1. The highest BCUT2D eigenvalue weighted by Gasteiger charge is 2.05. The summed E-state index contributed by atoms with van der Waals surface area (Å²) in [6.45, 7) is 7.11. The Labute approximate surface area is 102 Å². The van der Waals surface area contributed by atoms with Crippen molar-refractivity contribution < 1.29 is 0 Å². The van der Waals surface area contributed by atoms with E-state index < -0.39 is 0 Å². The van der Waals surface area contributed by atoms with E-state index in [0.29, 0.717) is 5.95 Å². The predicted molar refractivity (Wildman–Crippen MR) is 71.1 cm³/mol. The Morgan fingerprint density at radius 3 is 2.76 bits per heavy atom. The molecule has 1 aromatic carbocycles. The third-order valence-corrected chi connectivity index (χ3v) is 2.87. The molecule has 0 unspecified atom stereocenters. The highest BCUT2D eigenvalue weighted by molar-refractivity contribution is 5.65. The van der Waals surface area contributed by atoms with Crippen molar-refractivity contribution in [2.24, 2.45) is 0 Å². The molecule has 1 aromatic heterocycles. The van der Waals surface area contributed by atoms with Crippen LogP contribution < -0.4 is 5.32 Å². The van der Waals surface area contributed by atoms with Crippen molar-refractivity contribution >= 4 is 5.95 Å². The molecule has 0 fully saturated rings. The molecule has 1 heterocycles. The third-order valence-electron chi connectivity index (χ3n) is 2.87. The fraction of sp³-hybridized carbons (Fsp3) is 0.286. The lowest BCUT2D eigenvalue weighted by molar-refractivity contribution is 1.09. The maximum atomic E-state index is 4.51. The Balaban J connectivity index is 2.45. The maximum Gasteiger partial charge on any atom is 0.223 e. The van der Waals surface area contributed by atoms with Gasteiger partial charge in [-0.2, -0.15) is 0 Å². The van der Waals surface area contributed by atoms with Gasteiger partial charge < -0.3 is 5.32 Å². The number of benzene rings is 1. The minimum atomic E-state index is 0.686. The molecular weight excluding hydrogens is 210 g/mol. The zero-order chi connectivity index (χ0) is 12.3. The van der Waals surface area contributed by atoms with E-state index in [0.717, 1.165) is 12.2 Å². The number of rotatable bonds is 3. The summed E-state index contributed by atoms with van der Waals surface area (Å²) in [6, 6.07) is 8.22.